The maximum absolute atomic E-state index is 10.8. The van der Waals surface area contributed by atoms with Crippen LogP contribution in [0.15, 0.2) is 127 Å². The van der Waals surface area contributed by atoms with E-state index in [4.69, 9.17) is 0 Å². The van der Waals surface area contributed by atoms with Crippen LogP contribution in [-0.4, -0.2) is 19.0 Å². The van der Waals surface area contributed by atoms with Crippen molar-refractivity contribution in [1.82, 2.24) is 0 Å². The van der Waals surface area contributed by atoms with Crippen molar-refractivity contribution in [2.45, 2.75) is 27.7 Å². The van der Waals surface area contributed by atoms with Gasteiger partial charge in [-0.2, -0.15) is 73.9 Å². The molecule has 44 heavy (non-hydrogen) atoms. The fraction of sp³-hybridized carbons (Fsp3) is 0.150. The average molecular weight is 744 g/mol. The number of benzene rings is 5. The largest absolute Gasteiger partial charge is 4.00 e. The molecule has 0 spiro atoms. The Bertz CT molecular complexity index is 1440. The number of anilines is 2. The first-order valence-electron chi connectivity index (χ1n) is 14.5. The zero-order valence-electron chi connectivity index (χ0n) is 26.5. The van der Waals surface area contributed by atoms with Gasteiger partial charge in [0.1, 0.15) is 0 Å². The summed E-state index contributed by atoms with van der Waals surface area (Å²) in [5.74, 6) is 0.323. The number of hydrogen-bond donors (Lipinski definition) is 0. The molecule has 1 saturated heterocycles. The Morgan fingerprint density at radius 3 is 1.23 bits per heavy atom. The number of aryl methyl sites for hydroxylation is 4. The molecule has 0 aliphatic carbocycles. The van der Waals surface area contributed by atoms with Crippen LogP contribution in [0.2, 0.25) is 0 Å². The minimum Gasteiger partial charge on any atom is -0.397 e. The van der Waals surface area contributed by atoms with Gasteiger partial charge in [0.05, 0.1) is 0 Å². The second-order valence-corrected chi connectivity index (χ2v) is 10.6. The summed E-state index contributed by atoms with van der Waals surface area (Å²) >= 11 is 0. The summed E-state index contributed by atoms with van der Waals surface area (Å²) in [7, 11) is 0. The van der Waals surface area contributed by atoms with Crippen LogP contribution in [0.25, 0.3) is 5.41 Å². The fourth-order valence-corrected chi connectivity index (χ4v) is 4.88. The third kappa shape index (κ3) is 11.2. The smallest absolute Gasteiger partial charge is 0.397 e. The van der Waals surface area contributed by atoms with Gasteiger partial charge in [-0.1, -0.05) is 60.2 Å². The van der Waals surface area contributed by atoms with Gasteiger partial charge in [-0.3, -0.25) is 0 Å². The molecule has 0 saturated carbocycles. The fourth-order valence-electron chi connectivity index (χ4n) is 4.88. The Labute approximate surface area is 284 Å². The molecular formula is C40H43HfN3. The predicted molar refractivity (Wildman–Crippen MR) is 188 cm³/mol. The second kappa shape index (κ2) is 18.5. The first-order valence-corrected chi connectivity index (χ1v) is 14.5. The van der Waals surface area contributed by atoms with E-state index < -0.39 is 0 Å². The van der Waals surface area contributed by atoms with E-state index in [0.29, 0.717) is 5.96 Å². The minimum absolute atomic E-state index is 0. The van der Waals surface area contributed by atoms with E-state index >= 15 is 0 Å². The summed E-state index contributed by atoms with van der Waals surface area (Å²) in [6, 6.07) is 42.1. The first-order chi connectivity index (χ1) is 20.7. The molecular weight excluding hydrogens is 701 g/mol. The molecule has 6 rings (SSSR count). The van der Waals surface area contributed by atoms with Crippen LogP contribution >= 0.6 is 0 Å². The number of rotatable bonds is 2. The molecule has 1 aliphatic heterocycles. The summed E-state index contributed by atoms with van der Waals surface area (Å²) in [6.45, 7) is 21.2. The SMILES string of the molecule is Cc1cc(C)c(N2CCN(c3ccccc3C)C2=[N-])c(C)c1.[CH2-]c1ccccc1.[CH2-]c1ccccc1.[CH2-]c1ccccc1.[Hf+4]. The molecule has 0 aromatic heterocycles. The van der Waals surface area contributed by atoms with Crippen LogP contribution in [0.5, 0.6) is 0 Å². The molecule has 1 aliphatic rings. The van der Waals surface area contributed by atoms with E-state index in [-0.39, 0.29) is 25.8 Å². The maximum Gasteiger partial charge on any atom is 4.00 e. The molecule has 5 aromatic rings. The van der Waals surface area contributed by atoms with E-state index in [1.807, 2.05) is 113 Å². The van der Waals surface area contributed by atoms with Gasteiger partial charge < -0.3 is 15.2 Å². The van der Waals surface area contributed by atoms with Gasteiger partial charge >= 0.3 is 25.8 Å². The third-order valence-electron chi connectivity index (χ3n) is 6.87. The minimum atomic E-state index is 0. The van der Waals surface area contributed by atoms with Crippen LogP contribution in [0, 0.1) is 48.5 Å². The van der Waals surface area contributed by atoms with Crippen LogP contribution in [-0.2, 0) is 25.8 Å². The van der Waals surface area contributed by atoms with E-state index in [0.717, 1.165) is 41.2 Å². The monoisotopic (exact) mass is 745 g/mol. The summed E-state index contributed by atoms with van der Waals surface area (Å²) in [5, 5.41) is 10.8. The molecule has 5 aromatic carbocycles. The third-order valence-corrected chi connectivity index (χ3v) is 6.87. The standard InChI is InChI=1S/C19H22N3.3C7H7.Hf/c1-13-11-15(3)18(16(4)12-13)22-10-9-21(19(22)20)17-8-6-5-7-14(17)2;3*1-7-5-3-2-4-6-7;/h5-8,11-12H,9-10H2,1-4H3;3*2-6H,1H2;/q4*-1;+4. The van der Waals surface area contributed by atoms with Crippen LogP contribution in [0.4, 0.5) is 11.4 Å². The van der Waals surface area contributed by atoms with Gasteiger partial charge in [0.25, 0.3) is 0 Å². The van der Waals surface area contributed by atoms with Crippen molar-refractivity contribution in [3.05, 3.63) is 193 Å². The molecule has 0 amide bonds. The van der Waals surface area contributed by atoms with Crippen LogP contribution in [0.3, 0.4) is 0 Å². The van der Waals surface area contributed by atoms with Gasteiger partial charge in [-0.15, -0.1) is 36.4 Å². The Balaban J connectivity index is 0.000000249. The predicted octanol–water partition coefficient (Wildman–Crippen LogP) is 9.78. The maximum atomic E-state index is 10.8. The Hall–Kier alpha value is -4.15. The summed E-state index contributed by atoms with van der Waals surface area (Å²) < 4.78 is 0. The second-order valence-electron chi connectivity index (χ2n) is 10.6. The number of nitrogens with zero attached hydrogens (tertiary/aromatic N) is 3. The van der Waals surface area contributed by atoms with Gasteiger partial charge in [0.2, 0.25) is 0 Å². The van der Waals surface area contributed by atoms with E-state index in [1.165, 1.54) is 22.3 Å². The van der Waals surface area contributed by atoms with Crippen molar-refractivity contribution in [3.8, 4) is 0 Å². The molecule has 0 unspecified atom stereocenters. The van der Waals surface area contributed by atoms with E-state index in [9.17, 15) is 5.41 Å². The average Bonchev–Trinajstić information content (AvgIpc) is 3.35. The van der Waals surface area contributed by atoms with Crippen molar-refractivity contribution in [2.24, 2.45) is 0 Å². The Kier molecular flexibility index (Phi) is 15.2. The first kappa shape index (κ1) is 36.0. The van der Waals surface area contributed by atoms with E-state index in [2.05, 4.69) is 72.7 Å². The van der Waals surface area contributed by atoms with Crippen molar-refractivity contribution in [2.75, 3.05) is 22.9 Å². The normalized spacial score (nSPS) is 11.5. The molecule has 3 nitrogen and oxygen atoms in total. The summed E-state index contributed by atoms with van der Waals surface area (Å²) in [5.41, 5.74) is 10.3. The molecule has 4 heteroatoms. The molecule has 0 radical (unpaired) electrons. The number of guanidine groups is 1. The van der Waals surface area contributed by atoms with Gasteiger partial charge in [0.15, 0.2) is 0 Å². The quantitative estimate of drug-likeness (QED) is 0.133. The van der Waals surface area contributed by atoms with E-state index in [1.54, 1.807) is 0 Å². The number of hydrogen-bond acceptors (Lipinski definition) is 0. The van der Waals surface area contributed by atoms with Crippen molar-refractivity contribution in [3.63, 3.8) is 0 Å². The molecule has 222 valence electrons. The van der Waals surface area contributed by atoms with Crippen molar-refractivity contribution in [1.29, 1.82) is 0 Å². The summed E-state index contributed by atoms with van der Waals surface area (Å²) in [4.78, 5) is 4.02. The van der Waals surface area contributed by atoms with Crippen molar-refractivity contribution < 1.29 is 25.8 Å². The molecule has 0 atom stereocenters. The van der Waals surface area contributed by atoms with Crippen molar-refractivity contribution >= 4 is 17.3 Å². The number of para-hydroxylation sites is 1. The Morgan fingerprint density at radius 2 is 0.864 bits per heavy atom. The Morgan fingerprint density at radius 1 is 0.500 bits per heavy atom. The topological polar surface area (TPSA) is 28.8 Å². The van der Waals surface area contributed by atoms with Crippen LogP contribution < -0.4 is 9.80 Å². The molecule has 0 N–H and O–H groups in total. The van der Waals surface area contributed by atoms with Gasteiger partial charge in [0, 0.05) is 5.96 Å². The molecule has 0 bridgehead atoms. The molecule has 1 fully saturated rings. The zero-order chi connectivity index (χ0) is 31.2. The zero-order valence-corrected chi connectivity index (χ0v) is 30.1. The van der Waals surface area contributed by atoms with Gasteiger partial charge in [-0.25, -0.2) is 0 Å². The molecule has 1 heterocycles. The van der Waals surface area contributed by atoms with Gasteiger partial charge in [-0.05, 0) is 68.8 Å². The van der Waals surface area contributed by atoms with Crippen LogP contribution in [0.1, 0.15) is 38.9 Å². The summed E-state index contributed by atoms with van der Waals surface area (Å²) in [6.07, 6.45) is 0.